The van der Waals surface area contributed by atoms with Crippen LogP contribution < -0.4 is 0 Å². The number of hydrogen-bond donors (Lipinski definition) is 1. The monoisotopic (exact) mass is 254 g/mol. The number of aromatic hydroxyl groups is 1. The van der Waals surface area contributed by atoms with Gasteiger partial charge < -0.3 is 9.63 Å². The van der Waals surface area contributed by atoms with E-state index in [1.807, 2.05) is 0 Å². The third-order valence-electron chi connectivity index (χ3n) is 1.99. The van der Waals surface area contributed by atoms with Crippen LogP contribution in [0.1, 0.15) is 5.82 Å². The lowest BCUT2D eigenvalue weighted by molar-refractivity contribution is 0.419. The number of nitrogens with zero attached hydrogens (tertiary/aromatic N) is 2. The summed E-state index contributed by atoms with van der Waals surface area (Å²) in [6.07, 6.45) is 1.09. The van der Waals surface area contributed by atoms with Gasteiger partial charge in [0, 0.05) is 6.26 Å². The maximum absolute atomic E-state index is 11.0. The topological polar surface area (TPSA) is 93.3 Å². The molecule has 0 amide bonds. The molecule has 0 aliphatic heterocycles. The van der Waals surface area contributed by atoms with E-state index in [-0.39, 0.29) is 23.2 Å². The first kappa shape index (κ1) is 11.6. The van der Waals surface area contributed by atoms with E-state index in [9.17, 15) is 13.5 Å². The Hall–Kier alpha value is -1.89. The van der Waals surface area contributed by atoms with Gasteiger partial charge in [-0.25, -0.2) is 8.42 Å². The number of sulfone groups is 1. The molecule has 2 aromatic rings. The minimum atomic E-state index is -3.20. The van der Waals surface area contributed by atoms with Crippen molar-refractivity contribution >= 4 is 9.84 Å². The second kappa shape index (κ2) is 4.17. The summed E-state index contributed by atoms with van der Waals surface area (Å²) in [6, 6.07) is 6.45. The van der Waals surface area contributed by atoms with Crippen molar-refractivity contribution in [3.8, 4) is 17.2 Å². The number of phenolic OH excluding ortho intramolecular Hbond substituents is 1. The van der Waals surface area contributed by atoms with Gasteiger partial charge in [0.05, 0.1) is 5.56 Å². The van der Waals surface area contributed by atoms with E-state index < -0.39 is 9.84 Å². The van der Waals surface area contributed by atoms with Crippen molar-refractivity contribution in [1.82, 2.24) is 10.1 Å². The molecule has 90 valence electrons. The number of aromatic nitrogens is 2. The standard InChI is InChI=1S/C10H10N2O4S/c1-17(14,15)6-9-11-10(16-12-9)7-4-2-3-5-8(7)13/h2-5,13H,6H2,1H3. The molecule has 17 heavy (non-hydrogen) atoms. The Kier molecular flexibility index (Phi) is 2.84. The van der Waals surface area contributed by atoms with Crippen LogP contribution in [0.15, 0.2) is 28.8 Å². The predicted octanol–water partition coefficient (Wildman–Crippen LogP) is 0.987. The predicted molar refractivity (Wildman–Crippen MR) is 59.9 cm³/mol. The zero-order chi connectivity index (χ0) is 12.5. The van der Waals surface area contributed by atoms with Crippen LogP contribution in [-0.2, 0) is 15.6 Å². The molecule has 0 saturated carbocycles. The fourth-order valence-electron chi connectivity index (χ4n) is 1.31. The smallest absolute Gasteiger partial charge is 0.261 e. The summed E-state index contributed by atoms with van der Waals surface area (Å²) in [7, 11) is -3.20. The molecule has 1 N–H and O–H groups in total. The molecule has 0 fully saturated rings. The molecular weight excluding hydrogens is 244 g/mol. The summed E-state index contributed by atoms with van der Waals surface area (Å²) in [5, 5.41) is 13.1. The first-order valence-corrected chi connectivity index (χ1v) is 6.80. The molecule has 0 radical (unpaired) electrons. The average Bonchev–Trinajstić information content (AvgIpc) is 2.64. The molecule has 6 nitrogen and oxygen atoms in total. The fraction of sp³-hybridized carbons (Fsp3) is 0.200. The summed E-state index contributed by atoms with van der Waals surface area (Å²) in [6.45, 7) is 0. The van der Waals surface area contributed by atoms with Crippen molar-refractivity contribution in [2.75, 3.05) is 6.26 Å². The second-order valence-electron chi connectivity index (χ2n) is 3.60. The van der Waals surface area contributed by atoms with Crippen molar-refractivity contribution in [2.45, 2.75) is 5.75 Å². The molecule has 1 aromatic carbocycles. The molecule has 0 aliphatic rings. The number of para-hydroxylation sites is 1. The molecule has 0 aliphatic carbocycles. The highest BCUT2D eigenvalue weighted by molar-refractivity contribution is 7.89. The van der Waals surface area contributed by atoms with E-state index in [1.165, 1.54) is 6.07 Å². The highest BCUT2D eigenvalue weighted by Gasteiger charge is 2.15. The van der Waals surface area contributed by atoms with Gasteiger partial charge >= 0.3 is 0 Å². The number of rotatable bonds is 3. The maximum Gasteiger partial charge on any atom is 0.261 e. The maximum atomic E-state index is 11.0. The van der Waals surface area contributed by atoms with Crippen LogP contribution in [0.3, 0.4) is 0 Å². The van der Waals surface area contributed by atoms with E-state index in [1.54, 1.807) is 18.2 Å². The van der Waals surface area contributed by atoms with E-state index in [4.69, 9.17) is 4.52 Å². The average molecular weight is 254 g/mol. The number of benzene rings is 1. The summed E-state index contributed by atoms with van der Waals surface area (Å²) < 4.78 is 27.0. The largest absolute Gasteiger partial charge is 0.507 e. The third kappa shape index (κ3) is 2.82. The van der Waals surface area contributed by atoms with Crippen LogP contribution in [0.25, 0.3) is 11.5 Å². The zero-order valence-corrected chi connectivity index (χ0v) is 9.81. The molecule has 0 unspecified atom stereocenters. The SMILES string of the molecule is CS(=O)(=O)Cc1noc(-c2ccccc2O)n1. The number of phenols is 1. The first-order chi connectivity index (χ1) is 7.96. The van der Waals surface area contributed by atoms with Gasteiger partial charge in [0.15, 0.2) is 15.7 Å². The van der Waals surface area contributed by atoms with E-state index in [0.29, 0.717) is 5.56 Å². The molecule has 2 rings (SSSR count). The summed E-state index contributed by atoms with van der Waals surface area (Å²) in [4.78, 5) is 3.91. The van der Waals surface area contributed by atoms with Crippen LogP contribution in [0.2, 0.25) is 0 Å². The number of hydrogen-bond acceptors (Lipinski definition) is 6. The molecule has 0 spiro atoms. The molecule has 1 aromatic heterocycles. The van der Waals surface area contributed by atoms with E-state index >= 15 is 0 Å². The van der Waals surface area contributed by atoms with Crippen LogP contribution in [0.4, 0.5) is 0 Å². The van der Waals surface area contributed by atoms with Crippen molar-refractivity contribution in [1.29, 1.82) is 0 Å². The fourth-order valence-corrected chi connectivity index (χ4v) is 1.90. The van der Waals surface area contributed by atoms with Crippen molar-refractivity contribution in [3.05, 3.63) is 30.1 Å². The van der Waals surface area contributed by atoms with Gasteiger partial charge in [-0.05, 0) is 12.1 Å². The second-order valence-corrected chi connectivity index (χ2v) is 5.74. The lowest BCUT2D eigenvalue weighted by Gasteiger charge is -1.96. The molecule has 0 atom stereocenters. The lowest BCUT2D eigenvalue weighted by Crippen LogP contribution is -2.02. The van der Waals surface area contributed by atoms with Gasteiger partial charge in [0.1, 0.15) is 11.5 Å². The summed E-state index contributed by atoms with van der Waals surface area (Å²) in [5.74, 6) is -0.112. The van der Waals surface area contributed by atoms with Crippen LogP contribution in [0, 0.1) is 0 Å². The van der Waals surface area contributed by atoms with E-state index in [2.05, 4.69) is 10.1 Å². The third-order valence-corrected chi connectivity index (χ3v) is 2.78. The highest BCUT2D eigenvalue weighted by Crippen LogP contribution is 2.26. The Morgan fingerprint density at radius 2 is 2.06 bits per heavy atom. The van der Waals surface area contributed by atoms with Gasteiger partial charge in [-0.3, -0.25) is 0 Å². The first-order valence-electron chi connectivity index (χ1n) is 4.74. The lowest BCUT2D eigenvalue weighted by atomic mass is 10.2. The minimum Gasteiger partial charge on any atom is -0.507 e. The molecule has 7 heteroatoms. The van der Waals surface area contributed by atoms with Gasteiger partial charge in [0.25, 0.3) is 5.89 Å². The normalized spacial score (nSPS) is 11.6. The molecular formula is C10H10N2O4S. The van der Waals surface area contributed by atoms with Crippen molar-refractivity contribution in [3.63, 3.8) is 0 Å². The molecule has 1 heterocycles. The molecule has 0 bridgehead atoms. The Labute approximate surface area is 97.8 Å². The van der Waals surface area contributed by atoms with E-state index in [0.717, 1.165) is 6.26 Å². The van der Waals surface area contributed by atoms with Crippen molar-refractivity contribution in [2.24, 2.45) is 0 Å². The van der Waals surface area contributed by atoms with Crippen molar-refractivity contribution < 1.29 is 18.0 Å². The van der Waals surface area contributed by atoms with Crippen LogP contribution in [0.5, 0.6) is 5.75 Å². The van der Waals surface area contributed by atoms with Gasteiger partial charge in [-0.15, -0.1) is 0 Å². The Balaban J connectivity index is 2.34. The summed E-state index contributed by atoms with van der Waals surface area (Å²) in [5.41, 5.74) is 0.375. The quantitative estimate of drug-likeness (QED) is 0.877. The van der Waals surface area contributed by atoms with Gasteiger partial charge in [-0.1, -0.05) is 17.3 Å². The highest BCUT2D eigenvalue weighted by atomic mass is 32.2. The zero-order valence-electron chi connectivity index (χ0n) is 8.99. The Bertz CT molecular complexity index is 633. The Morgan fingerprint density at radius 3 is 2.71 bits per heavy atom. The Morgan fingerprint density at radius 1 is 1.35 bits per heavy atom. The van der Waals surface area contributed by atoms with Crippen LogP contribution >= 0.6 is 0 Å². The van der Waals surface area contributed by atoms with Gasteiger partial charge in [-0.2, -0.15) is 4.98 Å². The summed E-state index contributed by atoms with van der Waals surface area (Å²) >= 11 is 0. The van der Waals surface area contributed by atoms with Gasteiger partial charge in [0.2, 0.25) is 0 Å². The van der Waals surface area contributed by atoms with Crippen LogP contribution in [-0.4, -0.2) is 29.9 Å². The molecule has 0 saturated heterocycles. The minimum absolute atomic E-state index is 0.00190.